The van der Waals surface area contributed by atoms with Crippen molar-refractivity contribution >= 4 is 5.91 Å². The van der Waals surface area contributed by atoms with Crippen LogP contribution < -0.4 is 5.32 Å². The van der Waals surface area contributed by atoms with Crippen LogP contribution in [-0.2, 0) is 4.79 Å². The molecule has 1 N–H and O–H groups in total. The molecular weight excluding hydrogens is 188 g/mol. The Balaban J connectivity index is 1.93. The second kappa shape index (κ2) is 4.79. The third-order valence-electron chi connectivity index (χ3n) is 3.24. The van der Waals surface area contributed by atoms with Crippen LogP contribution in [0.1, 0.15) is 25.7 Å². The predicted molar refractivity (Wildman–Crippen MR) is 60.5 cm³/mol. The van der Waals surface area contributed by atoms with Gasteiger partial charge in [-0.3, -0.25) is 4.79 Å². The van der Waals surface area contributed by atoms with Crippen molar-refractivity contribution in [3.05, 3.63) is 12.7 Å². The van der Waals surface area contributed by atoms with Gasteiger partial charge in [0.05, 0.1) is 5.92 Å². The molecule has 0 spiro atoms. The van der Waals surface area contributed by atoms with Crippen LogP contribution in [0.2, 0.25) is 0 Å². The molecule has 3 nitrogen and oxygen atoms in total. The van der Waals surface area contributed by atoms with Gasteiger partial charge in [0.2, 0.25) is 5.91 Å². The van der Waals surface area contributed by atoms with Crippen LogP contribution in [0.3, 0.4) is 0 Å². The lowest BCUT2D eigenvalue weighted by Crippen LogP contribution is -2.44. The van der Waals surface area contributed by atoms with E-state index in [1.807, 2.05) is 11.0 Å². The third-order valence-corrected chi connectivity index (χ3v) is 3.24. The molecule has 2 fully saturated rings. The first-order valence-electron chi connectivity index (χ1n) is 5.95. The molecule has 0 radical (unpaired) electrons. The number of hydrogen-bond donors (Lipinski definition) is 1. The van der Waals surface area contributed by atoms with E-state index >= 15 is 0 Å². The van der Waals surface area contributed by atoms with Crippen LogP contribution >= 0.6 is 0 Å². The van der Waals surface area contributed by atoms with Crippen LogP contribution in [0.5, 0.6) is 0 Å². The van der Waals surface area contributed by atoms with Crippen molar-refractivity contribution in [3.8, 4) is 0 Å². The van der Waals surface area contributed by atoms with E-state index in [9.17, 15) is 4.79 Å². The standard InChI is InChI=1S/C12H20N2O/c1-2-8-14(11-5-6-11)12(15)10-4-3-7-13-9-10/h2,10-11,13H,1,3-9H2/t10-/m0/s1. The van der Waals surface area contributed by atoms with Crippen LogP contribution in [0, 0.1) is 5.92 Å². The maximum absolute atomic E-state index is 12.2. The zero-order valence-corrected chi connectivity index (χ0v) is 9.24. The molecule has 3 heteroatoms. The first-order valence-corrected chi connectivity index (χ1v) is 5.95. The van der Waals surface area contributed by atoms with Crippen molar-refractivity contribution in [1.82, 2.24) is 10.2 Å². The fourth-order valence-electron chi connectivity index (χ4n) is 2.24. The van der Waals surface area contributed by atoms with E-state index < -0.39 is 0 Å². The van der Waals surface area contributed by atoms with Crippen LogP contribution in [0.15, 0.2) is 12.7 Å². The van der Waals surface area contributed by atoms with E-state index in [0.29, 0.717) is 11.9 Å². The van der Waals surface area contributed by atoms with Gasteiger partial charge in [0.25, 0.3) is 0 Å². The number of carbonyl (C=O) groups excluding carboxylic acids is 1. The topological polar surface area (TPSA) is 32.3 Å². The molecule has 1 aliphatic carbocycles. The van der Waals surface area contributed by atoms with Crippen molar-refractivity contribution in [2.75, 3.05) is 19.6 Å². The summed E-state index contributed by atoms with van der Waals surface area (Å²) in [5, 5.41) is 3.30. The van der Waals surface area contributed by atoms with Crippen molar-refractivity contribution < 1.29 is 4.79 Å². The molecule has 0 aromatic heterocycles. The fraction of sp³-hybridized carbons (Fsp3) is 0.750. The highest BCUT2D eigenvalue weighted by atomic mass is 16.2. The summed E-state index contributed by atoms with van der Waals surface area (Å²) in [5.41, 5.74) is 0. The van der Waals surface area contributed by atoms with Crippen LogP contribution in [0.4, 0.5) is 0 Å². The van der Waals surface area contributed by atoms with Gasteiger partial charge in [-0.15, -0.1) is 6.58 Å². The normalized spacial score (nSPS) is 26.0. The van der Waals surface area contributed by atoms with Gasteiger partial charge in [0.1, 0.15) is 0 Å². The molecule has 84 valence electrons. The summed E-state index contributed by atoms with van der Waals surface area (Å²) < 4.78 is 0. The molecule has 2 aliphatic rings. The predicted octanol–water partition coefficient (Wildman–Crippen LogP) is 1.16. The Labute approximate surface area is 91.5 Å². The maximum atomic E-state index is 12.2. The maximum Gasteiger partial charge on any atom is 0.227 e. The highest BCUT2D eigenvalue weighted by Crippen LogP contribution is 2.29. The van der Waals surface area contributed by atoms with Gasteiger partial charge in [0.15, 0.2) is 0 Å². The molecule has 15 heavy (non-hydrogen) atoms. The van der Waals surface area contributed by atoms with Gasteiger partial charge in [0, 0.05) is 19.1 Å². The quantitative estimate of drug-likeness (QED) is 0.703. The zero-order valence-electron chi connectivity index (χ0n) is 9.24. The van der Waals surface area contributed by atoms with E-state index in [1.165, 1.54) is 12.8 Å². The van der Waals surface area contributed by atoms with Gasteiger partial charge in [-0.25, -0.2) is 0 Å². The molecule has 0 unspecified atom stereocenters. The Bertz CT molecular complexity index is 242. The van der Waals surface area contributed by atoms with E-state index in [4.69, 9.17) is 0 Å². The number of piperidine rings is 1. The number of hydrogen-bond acceptors (Lipinski definition) is 2. The Morgan fingerprint density at radius 1 is 1.47 bits per heavy atom. The fourth-order valence-corrected chi connectivity index (χ4v) is 2.24. The van der Waals surface area contributed by atoms with Gasteiger partial charge in [-0.2, -0.15) is 0 Å². The summed E-state index contributed by atoms with van der Waals surface area (Å²) in [6.07, 6.45) is 6.38. The summed E-state index contributed by atoms with van der Waals surface area (Å²) in [6.45, 7) is 6.38. The van der Waals surface area contributed by atoms with E-state index in [0.717, 1.165) is 32.5 Å². The summed E-state index contributed by atoms with van der Waals surface area (Å²) in [7, 11) is 0. The molecule has 1 aliphatic heterocycles. The monoisotopic (exact) mass is 208 g/mol. The Morgan fingerprint density at radius 2 is 2.27 bits per heavy atom. The molecule has 2 rings (SSSR count). The highest BCUT2D eigenvalue weighted by molar-refractivity contribution is 5.80. The highest BCUT2D eigenvalue weighted by Gasteiger charge is 2.35. The van der Waals surface area contributed by atoms with Gasteiger partial charge in [-0.05, 0) is 32.2 Å². The Hall–Kier alpha value is -0.830. The Morgan fingerprint density at radius 3 is 2.80 bits per heavy atom. The van der Waals surface area contributed by atoms with Gasteiger partial charge < -0.3 is 10.2 Å². The van der Waals surface area contributed by atoms with Crippen LogP contribution in [0.25, 0.3) is 0 Å². The molecule has 0 bridgehead atoms. The van der Waals surface area contributed by atoms with Crippen molar-refractivity contribution in [3.63, 3.8) is 0 Å². The van der Waals surface area contributed by atoms with Gasteiger partial charge >= 0.3 is 0 Å². The largest absolute Gasteiger partial charge is 0.336 e. The minimum Gasteiger partial charge on any atom is -0.336 e. The van der Waals surface area contributed by atoms with Crippen LogP contribution in [-0.4, -0.2) is 36.5 Å². The minimum absolute atomic E-state index is 0.208. The lowest BCUT2D eigenvalue weighted by Gasteiger charge is -2.29. The van der Waals surface area contributed by atoms with Crippen molar-refractivity contribution in [1.29, 1.82) is 0 Å². The average Bonchev–Trinajstić information content (AvgIpc) is 3.10. The molecule has 1 heterocycles. The number of nitrogens with zero attached hydrogens (tertiary/aromatic N) is 1. The van der Waals surface area contributed by atoms with Gasteiger partial charge in [-0.1, -0.05) is 6.08 Å². The number of amides is 1. The SMILES string of the molecule is C=CCN(C(=O)[C@H]1CCCNC1)C1CC1. The first-order chi connectivity index (χ1) is 7.33. The molecule has 0 aromatic carbocycles. The smallest absolute Gasteiger partial charge is 0.227 e. The number of carbonyl (C=O) groups is 1. The minimum atomic E-state index is 0.208. The summed E-state index contributed by atoms with van der Waals surface area (Å²) in [6, 6.07) is 0.512. The van der Waals surface area contributed by atoms with Crippen molar-refractivity contribution in [2.45, 2.75) is 31.7 Å². The molecule has 1 amide bonds. The van der Waals surface area contributed by atoms with Crippen molar-refractivity contribution in [2.24, 2.45) is 5.92 Å². The average molecular weight is 208 g/mol. The van der Waals surface area contributed by atoms with E-state index in [-0.39, 0.29) is 5.92 Å². The summed E-state index contributed by atoms with van der Waals surface area (Å²) >= 11 is 0. The second-order valence-corrected chi connectivity index (χ2v) is 4.55. The molecule has 1 saturated carbocycles. The van der Waals surface area contributed by atoms with E-state index in [1.54, 1.807) is 0 Å². The summed E-state index contributed by atoms with van der Waals surface area (Å²) in [4.78, 5) is 14.2. The first kappa shape index (κ1) is 10.7. The molecule has 1 saturated heterocycles. The van der Waals surface area contributed by atoms with E-state index in [2.05, 4.69) is 11.9 Å². The lowest BCUT2D eigenvalue weighted by molar-refractivity contribution is -0.136. The molecular formula is C12H20N2O. The number of nitrogens with one attached hydrogen (secondary N) is 1. The second-order valence-electron chi connectivity index (χ2n) is 4.55. The molecule has 1 atom stereocenters. The Kier molecular flexibility index (Phi) is 3.41. The molecule has 0 aromatic rings. The summed E-state index contributed by atoms with van der Waals surface area (Å²) in [5.74, 6) is 0.545. The lowest BCUT2D eigenvalue weighted by atomic mass is 9.98. The third kappa shape index (κ3) is 2.59. The number of rotatable bonds is 4. The zero-order chi connectivity index (χ0) is 10.7.